The normalized spacial score (nSPS) is 26.6. The summed E-state index contributed by atoms with van der Waals surface area (Å²) < 4.78 is 5.96. The second-order valence-corrected chi connectivity index (χ2v) is 6.59. The molecule has 2 rings (SSSR count). The molecule has 0 aromatic heterocycles. The van der Waals surface area contributed by atoms with Crippen LogP contribution in [0.1, 0.15) is 46.0 Å². The summed E-state index contributed by atoms with van der Waals surface area (Å²) in [6, 6.07) is 1.26. The fourth-order valence-electron chi connectivity index (χ4n) is 3.58. The van der Waals surface area contributed by atoms with Gasteiger partial charge in [0.1, 0.15) is 0 Å². The van der Waals surface area contributed by atoms with Crippen LogP contribution in [-0.2, 0) is 4.74 Å². The van der Waals surface area contributed by atoms with Crippen LogP contribution < -0.4 is 0 Å². The average Bonchev–Trinajstić information content (AvgIpc) is 2.48. The van der Waals surface area contributed by atoms with Gasteiger partial charge in [-0.15, -0.1) is 0 Å². The number of rotatable bonds is 6. The Balaban J connectivity index is 1.86. The van der Waals surface area contributed by atoms with Crippen LogP contribution in [0.4, 0.5) is 0 Å². The van der Waals surface area contributed by atoms with Crippen molar-refractivity contribution in [3.8, 4) is 0 Å². The molecule has 1 aliphatic heterocycles. The molecule has 1 heterocycles. The predicted octanol–water partition coefficient (Wildman–Crippen LogP) is 1.72. The first kappa shape index (κ1) is 16.2. The number of ether oxygens (including phenoxy) is 1. The van der Waals surface area contributed by atoms with Gasteiger partial charge in [0.25, 0.3) is 0 Å². The summed E-state index contributed by atoms with van der Waals surface area (Å²) in [4.78, 5) is 4.99. The van der Waals surface area contributed by atoms with Gasteiger partial charge in [-0.05, 0) is 26.7 Å². The van der Waals surface area contributed by atoms with Gasteiger partial charge in [0.2, 0.25) is 0 Å². The van der Waals surface area contributed by atoms with Crippen molar-refractivity contribution in [2.24, 2.45) is 0 Å². The Kier molecular flexibility index (Phi) is 6.75. The summed E-state index contributed by atoms with van der Waals surface area (Å²) in [6.07, 6.45) is 6.96. The standard InChI is InChI=1S/C16H32N2O2/c1-14(2)17-9-11-20-16(12-17)13-18(8-10-19)15-6-4-3-5-7-15/h14-16,19H,3-13H2,1-2H3. The van der Waals surface area contributed by atoms with Crippen LogP contribution in [0.3, 0.4) is 0 Å². The van der Waals surface area contributed by atoms with E-state index in [2.05, 4.69) is 23.6 Å². The smallest absolute Gasteiger partial charge is 0.0829 e. The summed E-state index contributed by atoms with van der Waals surface area (Å²) in [5.41, 5.74) is 0. The van der Waals surface area contributed by atoms with Crippen LogP contribution in [0, 0.1) is 0 Å². The van der Waals surface area contributed by atoms with Crippen molar-refractivity contribution in [1.82, 2.24) is 9.80 Å². The number of hydrogen-bond acceptors (Lipinski definition) is 4. The fourth-order valence-corrected chi connectivity index (χ4v) is 3.58. The molecular formula is C16H32N2O2. The topological polar surface area (TPSA) is 35.9 Å². The van der Waals surface area contributed by atoms with Gasteiger partial charge < -0.3 is 9.84 Å². The predicted molar refractivity (Wildman–Crippen MR) is 82.0 cm³/mol. The first-order valence-electron chi connectivity index (χ1n) is 8.41. The molecule has 118 valence electrons. The Labute approximate surface area is 124 Å². The lowest BCUT2D eigenvalue weighted by molar-refractivity contribution is -0.0602. The number of aliphatic hydroxyl groups excluding tert-OH is 1. The van der Waals surface area contributed by atoms with Gasteiger partial charge in [0.15, 0.2) is 0 Å². The van der Waals surface area contributed by atoms with Gasteiger partial charge in [-0.3, -0.25) is 9.80 Å². The second kappa shape index (κ2) is 8.32. The minimum Gasteiger partial charge on any atom is -0.395 e. The van der Waals surface area contributed by atoms with Gasteiger partial charge in [0.05, 0.1) is 19.3 Å². The third kappa shape index (κ3) is 4.69. The lowest BCUT2D eigenvalue weighted by atomic mass is 9.94. The van der Waals surface area contributed by atoms with E-state index < -0.39 is 0 Å². The molecule has 20 heavy (non-hydrogen) atoms. The maximum atomic E-state index is 9.34. The highest BCUT2D eigenvalue weighted by Crippen LogP contribution is 2.23. The Morgan fingerprint density at radius 3 is 2.65 bits per heavy atom. The molecule has 0 aromatic carbocycles. The maximum Gasteiger partial charge on any atom is 0.0829 e. The first-order valence-corrected chi connectivity index (χ1v) is 8.41. The third-order valence-corrected chi connectivity index (χ3v) is 4.82. The number of aliphatic hydroxyl groups is 1. The molecule has 4 heteroatoms. The van der Waals surface area contributed by atoms with Gasteiger partial charge in [-0.25, -0.2) is 0 Å². The molecule has 0 bridgehead atoms. The monoisotopic (exact) mass is 284 g/mol. The lowest BCUT2D eigenvalue weighted by Crippen LogP contribution is -2.52. The van der Waals surface area contributed by atoms with Crippen molar-refractivity contribution >= 4 is 0 Å². The minimum absolute atomic E-state index is 0.261. The zero-order chi connectivity index (χ0) is 14.4. The van der Waals surface area contributed by atoms with Crippen molar-refractivity contribution < 1.29 is 9.84 Å². The van der Waals surface area contributed by atoms with Crippen molar-refractivity contribution in [3.05, 3.63) is 0 Å². The SMILES string of the molecule is CC(C)N1CCOC(CN(CCO)C2CCCCC2)C1. The molecule has 0 radical (unpaired) electrons. The molecule has 1 aliphatic carbocycles. The fraction of sp³-hybridized carbons (Fsp3) is 1.00. The van der Waals surface area contributed by atoms with E-state index >= 15 is 0 Å². The van der Waals surface area contributed by atoms with Gasteiger partial charge in [-0.2, -0.15) is 0 Å². The van der Waals surface area contributed by atoms with Crippen LogP contribution >= 0.6 is 0 Å². The molecule has 1 saturated heterocycles. The number of nitrogens with zero attached hydrogens (tertiary/aromatic N) is 2. The summed E-state index contributed by atoms with van der Waals surface area (Å²) >= 11 is 0. The lowest BCUT2D eigenvalue weighted by Gasteiger charge is -2.40. The van der Waals surface area contributed by atoms with E-state index in [1.54, 1.807) is 0 Å². The van der Waals surface area contributed by atoms with Crippen LogP contribution in [0.15, 0.2) is 0 Å². The van der Waals surface area contributed by atoms with Gasteiger partial charge >= 0.3 is 0 Å². The van der Waals surface area contributed by atoms with Crippen LogP contribution in [0.25, 0.3) is 0 Å². The maximum absolute atomic E-state index is 9.34. The Morgan fingerprint density at radius 1 is 1.25 bits per heavy atom. The Hall–Kier alpha value is -0.160. The minimum atomic E-state index is 0.261. The van der Waals surface area contributed by atoms with Crippen LogP contribution in [-0.4, -0.2) is 72.5 Å². The zero-order valence-electron chi connectivity index (χ0n) is 13.3. The highest BCUT2D eigenvalue weighted by atomic mass is 16.5. The number of morpholine rings is 1. The highest BCUT2D eigenvalue weighted by Gasteiger charge is 2.27. The summed E-state index contributed by atoms with van der Waals surface area (Å²) in [5, 5.41) is 9.34. The summed E-state index contributed by atoms with van der Waals surface area (Å²) in [5.74, 6) is 0. The van der Waals surface area contributed by atoms with Crippen molar-refractivity contribution in [2.45, 2.75) is 64.1 Å². The Morgan fingerprint density at radius 2 is 2.00 bits per heavy atom. The third-order valence-electron chi connectivity index (χ3n) is 4.82. The van der Waals surface area contributed by atoms with Crippen molar-refractivity contribution in [1.29, 1.82) is 0 Å². The van der Waals surface area contributed by atoms with E-state index in [0.29, 0.717) is 18.2 Å². The van der Waals surface area contributed by atoms with E-state index in [9.17, 15) is 5.11 Å². The zero-order valence-corrected chi connectivity index (χ0v) is 13.3. The van der Waals surface area contributed by atoms with Crippen LogP contribution in [0.2, 0.25) is 0 Å². The van der Waals surface area contributed by atoms with Crippen LogP contribution in [0.5, 0.6) is 0 Å². The largest absolute Gasteiger partial charge is 0.395 e. The Bertz CT molecular complexity index is 267. The van der Waals surface area contributed by atoms with E-state index in [4.69, 9.17) is 4.74 Å². The quantitative estimate of drug-likeness (QED) is 0.806. The van der Waals surface area contributed by atoms with Crippen molar-refractivity contribution in [3.63, 3.8) is 0 Å². The van der Waals surface area contributed by atoms with Crippen molar-refractivity contribution in [2.75, 3.05) is 39.4 Å². The molecule has 4 nitrogen and oxygen atoms in total. The van der Waals surface area contributed by atoms with E-state index in [1.807, 2.05) is 0 Å². The molecular weight excluding hydrogens is 252 g/mol. The average molecular weight is 284 g/mol. The summed E-state index contributed by atoms with van der Waals surface area (Å²) in [7, 11) is 0. The number of hydrogen-bond donors (Lipinski definition) is 1. The van der Waals surface area contributed by atoms with Gasteiger partial charge in [0, 0.05) is 38.3 Å². The molecule has 1 N–H and O–H groups in total. The molecule has 1 unspecified atom stereocenters. The molecule has 1 atom stereocenters. The molecule has 1 saturated carbocycles. The van der Waals surface area contributed by atoms with E-state index in [1.165, 1.54) is 32.1 Å². The summed E-state index contributed by atoms with van der Waals surface area (Å²) in [6.45, 7) is 9.49. The van der Waals surface area contributed by atoms with Gasteiger partial charge in [-0.1, -0.05) is 19.3 Å². The molecule has 0 amide bonds. The second-order valence-electron chi connectivity index (χ2n) is 6.59. The first-order chi connectivity index (χ1) is 9.70. The molecule has 2 aliphatic rings. The highest BCUT2D eigenvalue weighted by molar-refractivity contribution is 4.81. The molecule has 0 spiro atoms. The van der Waals surface area contributed by atoms with E-state index in [0.717, 1.165) is 32.8 Å². The van der Waals surface area contributed by atoms with E-state index in [-0.39, 0.29) is 6.61 Å². The molecule has 0 aromatic rings. The molecule has 2 fully saturated rings.